The van der Waals surface area contributed by atoms with Gasteiger partial charge in [0.2, 0.25) is 0 Å². The average Bonchev–Trinajstić information content (AvgIpc) is 2.33. The van der Waals surface area contributed by atoms with Gasteiger partial charge in [0.15, 0.2) is 0 Å². The molecule has 0 unspecified atom stereocenters. The molecule has 16 heavy (non-hydrogen) atoms. The Morgan fingerprint density at radius 3 is 2.88 bits per heavy atom. The minimum absolute atomic E-state index is 0.0921. The van der Waals surface area contributed by atoms with Crippen LogP contribution in [-0.2, 0) is 11.3 Å². The summed E-state index contributed by atoms with van der Waals surface area (Å²) in [4.78, 5) is 11.7. The fourth-order valence-electron chi connectivity index (χ4n) is 1.94. The third-order valence-corrected chi connectivity index (χ3v) is 2.92. The summed E-state index contributed by atoms with van der Waals surface area (Å²) in [5.41, 5.74) is 0.332. The van der Waals surface area contributed by atoms with Crippen molar-refractivity contribution < 1.29 is 4.74 Å². The molecule has 0 saturated carbocycles. The van der Waals surface area contributed by atoms with Crippen LogP contribution in [0, 0.1) is 17.2 Å². The van der Waals surface area contributed by atoms with E-state index in [9.17, 15) is 4.79 Å². The normalized spacial score (nSPS) is 16.9. The maximum atomic E-state index is 11.7. The van der Waals surface area contributed by atoms with E-state index in [1.807, 2.05) is 6.07 Å². The molecule has 0 N–H and O–H groups in total. The molecule has 1 aromatic rings. The van der Waals surface area contributed by atoms with Gasteiger partial charge in [0.25, 0.3) is 5.56 Å². The molecule has 1 aromatic heterocycles. The van der Waals surface area contributed by atoms with Crippen molar-refractivity contribution in [2.24, 2.45) is 5.92 Å². The second kappa shape index (κ2) is 4.95. The van der Waals surface area contributed by atoms with Crippen molar-refractivity contribution in [3.63, 3.8) is 0 Å². The van der Waals surface area contributed by atoms with E-state index in [0.717, 1.165) is 32.6 Å². The third kappa shape index (κ3) is 2.50. The number of nitrogens with zero attached hydrogens (tertiary/aromatic N) is 2. The van der Waals surface area contributed by atoms with Gasteiger partial charge in [0.1, 0.15) is 0 Å². The molecule has 2 heterocycles. The molecule has 0 radical (unpaired) electrons. The SMILES string of the molecule is N#Cc1ccn(CC2CCOCC2)c(=O)c1. The fourth-order valence-corrected chi connectivity index (χ4v) is 1.94. The minimum atomic E-state index is -0.0921. The van der Waals surface area contributed by atoms with Crippen LogP contribution in [0.25, 0.3) is 0 Å². The molecule has 1 fully saturated rings. The summed E-state index contributed by atoms with van der Waals surface area (Å²) in [6.45, 7) is 2.30. The number of ether oxygens (including phenoxy) is 1. The van der Waals surface area contributed by atoms with Gasteiger partial charge in [0, 0.05) is 32.0 Å². The van der Waals surface area contributed by atoms with Crippen LogP contribution in [-0.4, -0.2) is 17.8 Å². The summed E-state index contributed by atoms with van der Waals surface area (Å²) >= 11 is 0. The lowest BCUT2D eigenvalue weighted by molar-refractivity contribution is 0.0609. The first kappa shape index (κ1) is 10.9. The Morgan fingerprint density at radius 2 is 2.25 bits per heavy atom. The number of hydrogen-bond donors (Lipinski definition) is 0. The smallest absolute Gasteiger partial charge is 0.251 e. The molecular weight excluding hydrogens is 204 g/mol. The van der Waals surface area contributed by atoms with E-state index in [2.05, 4.69) is 0 Å². The second-order valence-electron chi connectivity index (χ2n) is 4.07. The van der Waals surface area contributed by atoms with E-state index >= 15 is 0 Å². The van der Waals surface area contributed by atoms with Gasteiger partial charge in [0.05, 0.1) is 11.6 Å². The summed E-state index contributed by atoms with van der Waals surface area (Å²) in [6.07, 6.45) is 3.72. The Kier molecular flexibility index (Phi) is 3.37. The molecule has 1 aliphatic heterocycles. The number of aromatic nitrogens is 1. The van der Waals surface area contributed by atoms with Crippen LogP contribution < -0.4 is 5.56 Å². The quantitative estimate of drug-likeness (QED) is 0.748. The first-order valence-corrected chi connectivity index (χ1v) is 5.48. The number of pyridine rings is 1. The standard InChI is InChI=1S/C12H14N2O2/c13-8-11-1-4-14(12(15)7-11)9-10-2-5-16-6-3-10/h1,4,7,10H,2-3,5-6,9H2. The van der Waals surface area contributed by atoms with Crippen LogP contribution in [0.2, 0.25) is 0 Å². The highest BCUT2D eigenvalue weighted by atomic mass is 16.5. The van der Waals surface area contributed by atoms with E-state index in [1.165, 1.54) is 6.07 Å². The molecule has 2 rings (SSSR count). The van der Waals surface area contributed by atoms with Gasteiger partial charge >= 0.3 is 0 Å². The molecule has 0 atom stereocenters. The molecule has 1 saturated heterocycles. The first-order valence-electron chi connectivity index (χ1n) is 5.48. The number of nitriles is 1. The van der Waals surface area contributed by atoms with Crippen LogP contribution >= 0.6 is 0 Å². The van der Waals surface area contributed by atoms with Gasteiger partial charge in [-0.2, -0.15) is 5.26 Å². The largest absolute Gasteiger partial charge is 0.381 e. The molecule has 0 amide bonds. The Morgan fingerprint density at radius 1 is 1.50 bits per heavy atom. The van der Waals surface area contributed by atoms with Crippen LogP contribution in [0.3, 0.4) is 0 Å². The summed E-state index contributed by atoms with van der Waals surface area (Å²) < 4.78 is 6.95. The van der Waals surface area contributed by atoms with Gasteiger partial charge in [-0.3, -0.25) is 4.79 Å². The molecule has 1 aliphatic rings. The van der Waals surface area contributed by atoms with E-state index in [4.69, 9.17) is 10.00 Å². The van der Waals surface area contributed by atoms with Crippen LogP contribution in [0.15, 0.2) is 23.1 Å². The molecule has 0 bridgehead atoms. The summed E-state index contributed by atoms with van der Waals surface area (Å²) in [6, 6.07) is 5.03. The fraction of sp³-hybridized carbons (Fsp3) is 0.500. The minimum Gasteiger partial charge on any atom is -0.381 e. The topological polar surface area (TPSA) is 55.0 Å². The van der Waals surface area contributed by atoms with E-state index in [0.29, 0.717) is 11.5 Å². The maximum absolute atomic E-state index is 11.7. The zero-order valence-electron chi connectivity index (χ0n) is 9.06. The van der Waals surface area contributed by atoms with Crippen LogP contribution in [0.5, 0.6) is 0 Å². The Labute approximate surface area is 94.1 Å². The van der Waals surface area contributed by atoms with Crippen LogP contribution in [0.1, 0.15) is 18.4 Å². The van der Waals surface area contributed by atoms with E-state index < -0.39 is 0 Å². The lowest BCUT2D eigenvalue weighted by atomic mass is 10.0. The predicted octanol–water partition coefficient (Wildman–Crippen LogP) is 1.15. The summed E-state index contributed by atoms with van der Waals surface area (Å²) in [5, 5.41) is 8.66. The molecule has 0 aliphatic carbocycles. The highest BCUT2D eigenvalue weighted by molar-refractivity contribution is 5.25. The van der Waals surface area contributed by atoms with Gasteiger partial charge in [-0.1, -0.05) is 0 Å². The van der Waals surface area contributed by atoms with Crippen molar-refractivity contribution in [3.05, 3.63) is 34.2 Å². The van der Waals surface area contributed by atoms with Crippen molar-refractivity contribution in [2.75, 3.05) is 13.2 Å². The average molecular weight is 218 g/mol. The molecule has 0 spiro atoms. The Hall–Kier alpha value is -1.60. The lowest BCUT2D eigenvalue weighted by Crippen LogP contribution is -2.26. The maximum Gasteiger partial charge on any atom is 0.251 e. The third-order valence-electron chi connectivity index (χ3n) is 2.92. The van der Waals surface area contributed by atoms with Crippen LogP contribution in [0.4, 0.5) is 0 Å². The molecule has 0 aromatic carbocycles. The highest BCUT2D eigenvalue weighted by Crippen LogP contribution is 2.15. The number of hydrogen-bond acceptors (Lipinski definition) is 3. The van der Waals surface area contributed by atoms with Crippen molar-refractivity contribution in [2.45, 2.75) is 19.4 Å². The van der Waals surface area contributed by atoms with Gasteiger partial charge in [-0.05, 0) is 24.8 Å². The van der Waals surface area contributed by atoms with Crippen molar-refractivity contribution in [3.8, 4) is 6.07 Å². The molecular formula is C12H14N2O2. The van der Waals surface area contributed by atoms with Crippen molar-refractivity contribution in [1.29, 1.82) is 5.26 Å². The predicted molar refractivity (Wildman–Crippen MR) is 59.0 cm³/mol. The zero-order chi connectivity index (χ0) is 11.4. The highest BCUT2D eigenvalue weighted by Gasteiger charge is 2.14. The van der Waals surface area contributed by atoms with E-state index in [1.54, 1.807) is 16.8 Å². The molecule has 84 valence electrons. The van der Waals surface area contributed by atoms with Crippen molar-refractivity contribution in [1.82, 2.24) is 4.57 Å². The number of rotatable bonds is 2. The first-order chi connectivity index (χ1) is 7.79. The lowest BCUT2D eigenvalue weighted by Gasteiger charge is -2.22. The van der Waals surface area contributed by atoms with Gasteiger partial charge in [-0.15, -0.1) is 0 Å². The summed E-state index contributed by atoms with van der Waals surface area (Å²) in [7, 11) is 0. The molecule has 4 nitrogen and oxygen atoms in total. The molecule has 4 heteroatoms. The Bertz CT molecular complexity index is 453. The monoisotopic (exact) mass is 218 g/mol. The zero-order valence-corrected chi connectivity index (χ0v) is 9.06. The van der Waals surface area contributed by atoms with Crippen molar-refractivity contribution >= 4 is 0 Å². The Balaban J connectivity index is 2.09. The van der Waals surface area contributed by atoms with Gasteiger partial charge in [-0.25, -0.2) is 0 Å². The second-order valence-corrected chi connectivity index (χ2v) is 4.07. The van der Waals surface area contributed by atoms with E-state index in [-0.39, 0.29) is 5.56 Å². The summed E-state index contributed by atoms with van der Waals surface area (Å²) in [5.74, 6) is 0.513. The van der Waals surface area contributed by atoms with Gasteiger partial charge < -0.3 is 9.30 Å².